The summed E-state index contributed by atoms with van der Waals surface area (Å²) < 4.78 is 0. The zero-order valence-electron chi connectivity index (χ0n) is 27.9. The summed E-state index contributed by atoms with van der Waals surface area (Å²) in [5.41, 5.74) is -2.89. The van der Waals surface area contributed by atoms with Crippen molar-refractivity contribution in [2.75, 3.05) is 39.5 Å². The van der Waals surface area contributed by atoms with E-state index in [0.717, 1.165) is 0 Å². The zero-order valence-corrected chi connectivity index (χ0v) is 34.0. The summed E-state index contributed by atoms with van der Waals surface area (Å²) >= 11 is 0. The molecule has 0 spiro atoms. The molecule has 0 radical (unpaired) electrons. The van der Waals surface area contributed by atoms with E-state index < -0.39 is 22.4 Å². The number of hydrogen-bond acceptors (Lipinski definition) is 12. The van der Waals surface area contributed by atoms with Gasteiger partial charge in [0.1, 0.15) is 0 Å². The molecular formula is C30H52Ag2Br2N8O4-4. The van der Waals surface area contributed by atoms with Crippen LogP contribution in [0.2, 0.25) is 0 Å². The molecule has 4 rings (SSSR count). The molecule has 276 valence electrons. The molecule has 0 aromatic carbocycles. The quantitative estimate of drug-likeness (QED) is 0.113. The van der Waals surface area contributed by atoms with Crippen molar-refractivity contribution in [3.05, 3.63) is 76.3 Å². The van der Waals surface area contributed by atoms with Gasteiger partial charge in [0.25, 0.3) is 0 Å². The molecule has 0 saturated heterocycles. The van der Waals surface area contributed by atoms with Gasteiger partial charge >= 0.3 is 44.8 Å². The van der Waals surface area contributed by atoms with Gasteiger partial charge in [-0.15, -0.1) is 0 Å². The Bertz CT molecular complexity index is 843. The van der Waals surface area contributed by atoms with E-state index in [1.54, 1.807) is 55.4 Å². The van der Waals surface area contributed by atoms with Gasteiger partial charge in [-0.2, -0.15) is 26.7 Å². The molecule has 0 atom stereocenters. The Kier molecular flexibility index (Phi) is 20.5. The molecule has 0 aromatic rings. The van der Waals surface area contributed by atoms with E-state index in [-0.39, 0.29) is 78.7 Å². The van der Waals surface area contributed by atoms with Gasteiger partial charge in [0.05, 0.1) is 22.4 Å². The van der Waals surface area contributed by atoms with Crippen LogP contribution in [0.1, 0.15) is 55.4 Å². The van der Waals surface area contributed by atoms with Gasteiger partial charge in [-0.05, 0) is 105 Å². The Hall–Kier alpha value is -0.359. The predicted molar refractivity (Wildman–Crippen MR) is 163 cm³/mol. The van der Waals surface area contributed by atoms with E-state index in [1.807, 2.05) is 115 Å². The van der Waals surface area contributed by atoms with Gasteiger partial charge in [0.2, 0.25) is 0 Å². The number of rotatable bonds is 12. The average molecular weight is 964 g/mol. The molecule has 0 aliphatic carbocycles. The van der Waals surface area contributed by atoms with Crippen LogP contribution in [0.15, 0.2) is 49.6 Å². The molecule has 12 nitrogen and oxygen atoms in total. The van der Waals surface area contributed by atoms with Gasteiger partial charge < -0.3 is 93.6 Å². The third-order valence-corrected chi connectivity index (χ3v) is 5.92. The first-order valence-electron chi connectivity index (χ1n) is 14.3. The minimum atomic E-state index is -0.722. The maximum Gasteiger partial charge on any atom is 1.00 e. The Morgan fingerprint density at radius 3 is 0.674 bits per heavy atom. The molecule has 4 N–H and O–H groups in total. The first kappa shape index (κ1) is 47.8. The maximum absolute atomic E-state index is 9.82. The van der Waals surface area contributed by atoms with Crippen LogP contribution >= 0.6 is 0 Å². The van der Waals surface area contributed by atoms with Crippen LogP contribution in [0.5, 0.6) is 0 Å². The first-order chi connectivity index (χ1) is 19.2. The van der Waals surface area contributed by atoms with Crippen molar-refractivity contribution in [3.63, 3.8) is 0 Å². The number of hydrogen-bond donors (Lipinski definition) is 4. The van der Waals surface area contributed by atoms with E-state index in [0.29, 0.717) is 39.5 Å². The fourth-order valence-electron chi connectivity index (χ4n) is 4.63. The van der Waals surface area contributed by atoms with Crippen LogP contribution in [-0.4, -0.2) is 122 Å². The molecule has 0 amide bonds. The molecule has 0 aromatic heterocycles. The second-order valence-electron chi connectivity index (χ2n) is 13.9. The summed E-state index contributed by atoms with van der Waals surface area (Å²) in [5.74, 6) is 0. The zero-order chi connectivity index (χ0) is 31.3. The summed E-state index contributed by atoms with van der Waals surface area (Å²) in [6.07, 6.45) is 15.7. The van der Waals surface area contributed by atoms with Crippen molar-refractivity contribution >= 4 is 0 Å². The third-order valence-electron chi connectivity index (χ3n) is 5.92. The third kappa shape index (κ3) is 19.6. The van der Waals surface area contributed by atoms with E-state index in [9.17, 15) is 20.4 Å². The van der Waals surface area contributed by atoms with Crippen LogP contribution in [0, 0.1) is 26.7 Å². The van der Waals surface area contributed by atoms with Gasteiger partial charge in [0.15, 0.2) is 0 Å². The summed E-state index contributed by atoms with van der Waals surface area (Å²) in [4.78, 5) is 16.0. The largest absolute Gasteiger partial charge is 1.00 e. The van der Waals surface area contributed by atoms with E-state index in [1.165, 1.54) is 0 Å². The van der Waals surface area contributed by atoms with Gasteiger partial charge in [0, 0.05) is 39.5 Å². The van der Waals surface area contributed by atoms with Crippen molar-refractivity contribution in [2.24, 2.45) is 0 Å². The maximum atomic E-state index is 9.82. The predicted octanol–water partition coefficient (Wildman–Crippen LogP) is -4.19. The van der Waals surface area contributed by atoms with E-state index in [2.05, 4.69) is 0 Å². The van der Waals surface area contributed by atoms with Crippen molar-refractivity contribution in [2.45, 2.75) is 77.8 Å². The Morgan fingerprint density at radius 1 is 0.370 bits per heavy atom. The normalized spacial score (nSPS) is 17.7. The van der Waals surface area contributed by atoms with Gasteiger partial charge in [-0.25, -0.2) is 0 Å². The van der Waals surface area contributed by atoms with Crippen molar-refractivity contribution in [3.8, 4) is 0 Å². The fourth-order valence-corrected chi connectivity index (χ4v) is 4.63. The molecule has 0 saturated carbocycles. The standard InChI is InChI=1S/2C15H26N4O2.2Ag.2BrH/c2*1-14(2,20)9-16-5-7-18(11-16)13-19-8-6-17(12-19)10-15(3,4)21;;;;/h2*5-8,11-12,20-21H,9-10,13H2,1-4H3;;;2*1H/q2*-2;2*+1;;/p-2. The molecule has 4 aliphatic heterocycles. The fraction of sp³-hybridized carbons (Fsp3) is 0.600. The SMILES string of the molecule is CC(C)(O)CN1C=CN(CN2C=CN(CC(C)(C)O)[CH-]2)[CH-]1.CC(C)(O)CN1C=CN(CN2C=CN(CC(C)(C)O)[CH-]2)[CH-]1.[Ag+].[Ag+].[Br-].[Br-]. The second-order valence-corrected chi connectivity index (χ2v) is 13.9. The number of β-amino-alcohol motifs (C(OH)–C–C–N with tert-alkyl or cyclic N) is 4. The summed E-state index contributed by atoms with van der Waals surface area (Å²) in [7, 11) is 0. The summed E-state index contributed by atoms with van der Waals surface area (Å²) in [5, 5.41) is 39.3. The first-order valence-corrected chi connectivity index (χ1v) is 14.3. The van der Waals surface area contributed by atoms with Crippen molar-refractivity contribution in [1.82, 2.24) is 39.2 Å². The molecule has 0 fully saturated rings. The Balaban J connectivity index is 0. The number of nitrogens with zero attached hydrogens (tertiary/aromatic N) is 8. The van der Waals surface area contributed by atoms with E-state index >= 15 is 0 Å². The topological polar surface area (TPSA) is 107 Å². The van der Waals surface area contributed by atoms with Crippen LogP contribution in [-0.2, 0) is 44.8 Å². The van der Waals surface area contributed by atoms with Crippen LogP contribution in [0.3, 0.4) is 0 Å². The Morgan fingerprint density at radius 2 is 0.522 bits per heavy atom. The van der Waals surface area contributed by atoms with Crippen LogP contribution in [0.4, 0.5) is 0 Å². The molecule has 16 heteroatoms. The molecular weight excluding hydrogens is 912 g/mol. The minimum Gasteiger partial charge on any atom is -1.00 e. The molecule has 46 heavy (non-hydrogen) atoms. The minimum absolute atomic E-state index is 0. The Labute approximate surface area is 329 Å². The molecule has 0 bridgehead atoms. The van der Waals surface area contributed by atoms with E-state index in [4.69, 9.17) is 0 Å². The summed E-state index contributed by atoms with van der Waals surface area (Å²) in [6.45, 7) is 25.9. The molecule has 0 unspecified atom stereocenters. The number of aliphatic hydroxyl groups is 4. The summed E-state index contributed by atoms with van der Waals surface area (Å²) in [6, 6.07) is 0. The van der Waals surface area contributed by atoms with Crippen LogP contribution in [0.25, 0.3) is 0 Å². The van der Waals surface area contributed by atoms with Gasteiger partial charge in [-0.3, -0.25) is 0 Å². The molecule has 4 aliphatic rings. The van der Waals surface area contributed by atoms with Crippen molar-refractivity contribution in [1.29, 1.82) is 0 Å². The average Bonchev–Trinajstić information content (AvgIpc) is 3.56. The van der Waals surface area contributed by atoms with Gasteiger partial charge in [-0.1, -0.05) is 0 Å². The second kappa shape index (κ2) is 19.7. The van der Waals surface area contributed by atoms with Crippen LogP contribution < -0.4 is 34.0 Å². The van der Waals surface area contributed by atoms with Crippen molar-refractivity contribution < 1.29 is 99.1 Å². The monoisotopic (exact) mass is 960 g/mol. The number of halogens is 2. The smallest absolute Gasteiger partial charge is 1.00 e. The molecule has 4 heterocycles.